The van der Waals surface area contributed by atoms with E-state index in [2.05, 4.69) is 31.0 Å². The van der Waals surface area contributed by atoms with Gasteiger partial charge in [-0.1, -0.05) is 0 Å². The van der Waals surface area contributed by atoms with Crippen molar-refractivity contribution in [2.24, 2.45) is 7.05 Å². The molecular weight excluding hydrogens is 326 g/mol. The van der Waals surface area contributed by atoms with Crippen molar-refractivity contribution < 1.29 is 0 Å². The number of aromatic nitrogens is 5. The second-order valence-electron chi connectivity index (χ2n) is 4.30. The lowest BCUT2D eigenvalue weighted by Gasteiger charge is -2.04. The molecule has 0 unspecified atom stereocenters. The lowest BCUT2D eigenvalue weighted by Crippen LogP contribution is -2.06. The molecule has 3 aromatic rings. The average Bonchev–Trinajstić information content (AvgIpc) is 2.90. The van der Waals surface area contributed by atoms with Crippen molar-refractivity contribution in [3.8, 4) is 0 Å². The van der Waals surface area contributed by atoms with Crippen molar-refractivity contribution in [1.29, 1.82) is 0 Å². The molecule has 0 aliphatic heterocycles. The Morgan fingerprint density at radius 1 is 1.47 bits per heavy atom. The van der Waals surface area contributed by atoms with Crippen molar-refractivity contribution in [2.75, 3.05) is 0 Å². The van der Waals surface area contributed by atoms with Crippen LogP contribution in [0.4, 0.5) is 0 Å². The summed E-state index contributed by atoms with van der Waals surface area (Å²) in [4.78, 5) is 7.60. The van der Waals surface area contributed by atoms with Gasteiger partial charge in [0.1, 0.15) is 0 Å². The molecule has 3 aromatic heterocycles. The number of hydrogen-bond acceptors (Lipinski definition) is 3. The minimum Gasteiger partial charge on any atom is -0.329 e. The molecule has 0 radical (unpaired) electrons. The molecule has 0 spiro atoms. The Morgan fingerprint density at radius 3 is 3.05 bits per heavy atom. The normalized spacial score (nSPS) is 11.3. The van der Waals surface area contributed by atoms with Gasteiger partial charge in [-0.2, -0.15) is 5.10 Å². The van der Waals surface area contributed by atoms with Gasteiger partial charge in [-0.3, -0.25) is 4.68 Å². The highest BCUT2D eigenvalue weighted by Gasteiger charge is 2.07. The minimum absolute atomic E-state index is 0.697. The molecule has 0 saturated carbocycles. The van der Waals surface area contributed by atoms with E-state index < -0.39 is 0 Å². The Hall–Kier alpha value is -1.47. The molecule has 0 aromatic carbocycles. The van der Waals surface area contributed by atoms with Gasteiger partial charge in [0, 0.05) is 42.6 Å². The number of pyridine rings is 1. The quantitative estimate of drug-likeness (QED) is 0.747. The van der Waals surface area contributed by atoms with E-state index in [9.17, 15) is 0 Å². The van der Waals surface area contributed by atoms with Crippen LogP contribution in [0.3, 0.4) is 0 Å². The van der Waals surface area contributed by atoms with Gasteiger partial charge in [0.25, 0.3) is 0 Å². The van der Waals surface area contributed by atoms with Crippen molar-refractivity contribution in [1.82, 2.24) is 24.3 Å². The number of aryl methyl sites for hydroxylation is 3. The maximum atomic E-state index is 5.35. The minimum atomic E-state index is 0.697. The Morgan fingerprint density at radius 2 is 2.32 bits per heavy atom. The zero-order valence-corrected chi connectivity index (χ0v) is 12.7. The fourth-order valence-corrected chi connectivity index (χ4v) is 2.72. The first-order chi connectivity index (χ1) is 9.15. The molecular formula is C12H12BrN5S. The third kappa shape index (κ3) is 2.35. The number of fused-ring (bicyclic) bond motifs is 1. The standard InChI is InChI=1S/C12H12BrN5S/c1-17-9(2-4-15-17)3-5-18-11-10(16-12(18)19)6-8(13)7-14-11/h2,4,6-7H,3,5H2,1H3,(H,16,19). The second kappa shape index (κ2) is 4.90. The third-order valence-electron chi connectivity index (χ3n) is 3.09. The lowest BCUT2D eigenvalue weighted by atomic mass is 10.3. The van der Waals surface area contributed by atoms with Crippen LogP contribution >= 0.6 is 28.1 Å². The van der Waals surface area contributed by atoms with E-state index in [0.29, 0.717) is 4.77 Å². The van der Waals surface area contributed by atoms with Crippen LogP contribution in [0.1, 0.15) is 5.69 Å². The molecule has 0 fully saturated rings. The van der Waals surface area contributed by atoms with Gasteiger partial charge in [-0.15, -0.1) is 0 Å². The number of nitrogens with one attached hydrogen (secondary N) is 1. The fourth-order valence-electron chi connectivity index (χ4n) is 2.10. The third-order valence-corrected chi connectivity index (χ3v) is 3.85. The summed E-state index contributed by atoms with van der Waals surface area (Å²) >= 11 is 8.76. The zero-order chi connectivity index (χ0) is 13.4. The van der Waals surface area contributed by atoms with Crippen molar-refractivity contribution in [3.05, 3.63) is 39.5 Å². The summed E-state index contributed by atoms with van der Waals surface area (Å²) in [5.41, 5.74) is 3.01. The molecule has 0 saturated heterocycles. The van der Waals surface area contributed by atoms with E-state index in [1.807, 2.05) is 28.4 Å². The highest BCUT2D eigenvalue weighted by molar-refractivity contribution is 9.10. The zero-order valence-electron chi connectivity index (χ0n) is 10.3. The number of rotatable bonds is 3. The highest BCUT2D eigenvalue weighted by Crippen LogP contribution is 2.17. The van der Waals surface area contributed by atoms with Crippen molar-refractivity contribution >= 4 is 39.3 Å². The van der Waals surface area contributed by atoms with E-state index in [1.165, 1.54) is 5.69 Å². The molecule has 0 bridgehead atoms. The van der Waals surface area contributed by atoms with Crippen LogP contribution in [0.5, 0.6) is 0 Å². The van der Waals surface area contributed by atoms with E-state index in [-0.39, 0.29) is 0 Å². The van der Waals surface area contributed by atoms with Gasteiger partial charge in [0.05, 0.1) is 5.52 Å². The number of nitrogens with zero attached hydrogens (tertiary/aromatic N) is 4. The van der Waals surface area contributed by atoms with Crippen LogP contribution in [-0.2, 0) is 20.0 Å². The van der Waals surface area contributed by atoms with Gasteiger partial charge in [-0.05, 0) is 40.3 Å². The van der Waals surface area contributed by atoms with Crippen LogP contribution in [-0.4, -0.2) is 24.3 Å². The number of halogens is 1. The molecule has 0 aliphatic rings. The Labute approximate surface area is 123 Å². The largest absolute Gasteiger partial charge is 0.329 e. The SMILES string of the molecule is Cn1nccc1CCn1c(=S)[nH]c2cc(Br)cnc21. The Balaban J connectivity index is 1.95. The van der Waals surface area contributed by atoms with Gasteiger partial charge < -0.3 is 9.55 Å². The average molecular weight is 338 g/mol. The molecule has 3 heterocycles. The first-order valence-electron chi connectivity index (χ1n) is 5.86. The highest BCUT2D eigenvalue weighted by atomic mass is 79.9. The second-order valence-corrected chi connectivity index (χ2v) is 5.61. The molecule has 3 rings (SSSR count). The summed E-state index contributed by atoms with van der Waals surface area (Å²) in [6.45, 7) is 0.785. The summed E-state index contributed by atoms with van der Waals surface area (Å²) in [5.74, 6) is 0. The molecule has 19 heavy (non-hydrogen) atoms. The molecule has 0 aliphatic carbocycles. The van der Waals surface area contributed by atoms with E-state index >= 15 is 0 Å². The summed E-state index contributed by atoms with van der Waals surface area (Å²) in [5, 5.41) is 4.16. The Bertz CT molecular complexity index is 785. The summed E-state index contributed by atoms with van der Waals surface area (Å²) in [7, 11) is 1.94. The first-order valence-corrected chi connectivity index (χ1v) is 7.06. The molecule has 0 amide bonds. The van der Waals surface area contributed by atoms with Gasteiger partial charge >= 0.3 is 0 Å². The van der Waals surface area contributed by atoms with Crippen LogP contribution < -0.4 is 0 Å². The molecule has 7 heteroatoms. The molecule has 0 atom stereocenters. The van der Waals surface area contributed by atoms with Gasteiger partial charge in [0.2, 0.25) is 0 Å². The predicted octanol–water partition coefficient (Wildman–Crippen LogP) is 2.83. The maximum absolute atomic E-state index is 5.35. The topological polar surface area (TPSA) is 51.4 Å². The van der Waals surface area contributed by atoms with Crippen LogP contribution in [0.2, 0.25) is 0 Å². The number of aromatic amines is 1. The monoisotopic (exact) mass is 337 g/mol. The summed E-state index contributed by atoms with van der Waals surface area (Å²) < 4.78 is 5.53. The van der Waals surface area contributed by atoms with Crippen molar-refractivity contribution in [2.45, 2.75) is 13.0 Å². The van der Waals surface area contributed by atoms with Crippen molar-refractivity contribution in [3.63, 3.8) is 0 Å². The van der Waals surface area contributed by atoms with E-state index in [1.54, 1.807) is 12.4 Å². The summed E-state index contributed by atoms with van der Waals surface area (Å²) in [6.07, 6.45) is 4.46. The fraction of sp³-hybridized carbons (Fsp3) is 0.250. The van der Waals surface area contributed by atoms with Crippen LogP contribution in [0, 0.1) is 4.77 Å². The lowest BCUT2D eigenvalue weighted by molar-refractivity contribution is 0.639. The number of imidazole rings is 1. The van der Waals surface area contributed by atoms with E-state index in [0.717, 1.165) is 28.6 Å². The predicted molar refractivity (Wildman–Crippen MR) is 79.5 cm³/mol. The van der Waals surface area contributed by atoms with Crippen LogP contribution in [0.15, 0.2) is 29.0 Å². The summed E-state index contributed by atoms with van der Waals surface area (Å²) in [6, 6.07) is 4.00. The Kier molecular flexibility index (Phi) is 3.24. The smallest absolute Gasteiger partial charge is 0.179 e. The van der Waals surface area contributed by atoms with E-state index in [4.69, 9.17) is 12.2 Å². The van der Waals surface area contributed by atoms with Gasteiger partial charge in [0.15, 0.2) is 10.4 Å². The molecule has 1 N–H and O–H groups in total. The first kappa shape index (κ1) is 12.6. The number of H-pyrrole nitrogens is 1. The molecule has 5 nitrogen and oxygen atoms in total. The van der Waals surface area contributed by atoms with Gasteiger partial charge in [-0.25, -0.2) is 4.98 Å². The molecule has 98 valence electrons. The van der Waals surface area contributed by atoms with Crippen LogP contribution in [0.25, 0.3) is 11.2 Å². The maximum Gasteiger partial charge on any atom is 0.179 e. The number of hydrogen-bond donors (Lipinski definition) is 1.